The van der Waals surface area contributed by atoms with Crippen molar-refractivity contribution in [2.75, 3.05) is 9.80 Å². The Morgan fingerprint density at radius 3 is 2.34 bits per heavy atom. The van der Waals surface area contributed by atoms with E-state index in [0.29, 0.717) is 18.4 Å². The number of amides is 2. The minimum absolute atomic E-state index is 0.0523. The average Bonchev–Trinajstić information content (AvgIpc) is 3.44. The molecular formula is C29H28N4O2. The Bertz CT molecular complexity index is 1320. The molecule has 0 radical (unpaired) electrons. The Kier molecular flexibility index (Phi) is 6.19. The molecule has 6 nitrogen and oxygen atoms in total. The number of nitrogens with zero attached hydrogens (tertiary/aromatic N) is 4. The summed E-state index contributed by atoms with van der Waals surface area (Å²) in [6, 6.07) is 26.9. The first-order chi connectivity index (χ1) is 17.1. The molecular weight excluding hydrogens is 436 g/mol. The van der Waals surface area contributed by atoms with Gasteiger partial charge in [-0.1, -0.05) is 43.3 Å². The predicted molar refractivity (Wildman–Crippen MR) is 138 cm³/mol. The molecule has 2 heterocycles. The Balaban J connectivity index is 1.51. The first kappa shape index (κ1) is 22.6. The van der Waals surface area contributed by atoms with E-state index in [1.165, 1.54) is 0 Å². The Morgan fingerprint density at radius 1 is 0.943 bits per heavy atom. The van der Waals surface area contributed by atoms with Gasteiger partial charge in [0.05, 0.1) is 11.7 Å². The standard InChI is InChI=1S/C29H28N4O2/c1-3-28(34)33(24-10-5-4-6-11-24)27-20-21(2)32(26-13-8-7-12-25(26)27)29(35)22-14-16-23(17-15-22)31-19-9-18-30-31/h4-19,21,27H,3,20H2,1-2H3. The van der Waals surface area contributed by atoms with Gasteiger partial charge in [-0.3, -0.25) is 9.59 Å². The molecule has 2 amide bonds. The minimum Gasteiger partial charge on any atom is -0.305 e. The zero-order valence-corrected chi connectivity index (χ0v) is 19.9. The van der Waals surface area contributed by atoms with Gasteiger partial charge >= 0.3 is 0 Å². The van der Waals surface area contributed by atoms with E-state index in [1.807, 2.05) is 108 Å². The number of hydrogen-bond acceptors (Lipinski definition) is 3. The zero-order valence-electron chi connectivity index (χ0n) is 19.9. The van der Waals surface area contributed by atoms with Gasteiger partial charge < -0.3 is 9.80 Å². The maximum absolute atomic E-state index is 13.7. The molecule has 1 aliphatic heterocycles. The van der Waals surface area contributed by atoms with Crippen molar-refractivity contribution < 1.29 is 9.59 Å². The molecule has 1 aliphatic rings. The highest BCUT2D eigenvalue weighted by Gasteiger charge is 2.38. The van der Waals surface area contributed by atoms with Crippen LogP contribution < -0.4 is 9.80 Å². The van der Waals surface area contributed by atoms with Crippen molar-refractivity contribution in [1.29, 1.82) is 0 Å². The molecule has 0 aliphatic carbocycles. The average molecular weight is 465 g/mol. The second-order valence-corrected chi connectivity index (χ2v) is 8.78. The van der Waals surface area contributed by atoms with E-state index < -0.39 is 0 Å². The molecule has 0 bridgehead atoms. The monoisotopic (exact) mass is 464 g/mol. The molecule has 0 fully saturated rings. The fraction of sp³-hybridized carbons (Fsp3) is 0.207. The number of carbonyl (C=O) groups is 2. The summed E-state index contributed by atoms with van der Waals surface area (Å²) in [5.41, 5.74) is 4.22. The molecule has 0 N–H and O–H groups in total. The third kappa shape index (κ3) is 4.23. The summed E-state index contributed by atoms with van der Waals surface area (Å²) in [4.78, 5) is 30.6. The number of aromatic nitrogens is 2. The van der Waals surface area contributed by atoms with Crippen LogP contribution in [0.1, 0.15) is 48.7 Å². The molecule has 0 spiro atoms. The van der Waals surface area contributed by atoms with Gasteiger partial charge in [-0.15, -0.1) is 0 Å². The summed E-state index contributed by atoms with van der Waals surface area (Å²) in [6.45, 7) is 3.94. The van der Waals surface area contributed by atoms with Gasteiger partial charge in [-0.05, 0) is 67.4 Å². The third-order valence-corrected chi connectivity index (χ3v) is 6.58. The quantitative estimate of drug-likeness (QED) is 0.375. The van der Waals surface area contributed by atoms with Gasteiger partial charge in [0.2, 0.25) is 5.91 Å². The van der Waals surface area contributed by atoms with Gasteiger partial charge in [-0.25, -0.2) is 4.68 Å². The molecule has 5 rings (SSSR count). The molecule has 35 heavy (non-hydrogen) atoms. The van der Waals surface area contributed by atoms with Crippen LogP contribution in [0.25, 0.3) is 5.69 Å². The Morgan fingerprint density at radius 2 is 1.66 bits per heavy atom. The van der Waals surface area contributed by atoms with E-state index in [-0.39, 0.29) is 23.9 Å². The second-order valence-electron chi connectivity index (χ2n) is 8.78. The van der Waals surface area contributed by atoms with E-state index in [0.717, 1.165) is 22.6 Å². The summed E-state index contributed by atoms with van der Waals surface area (Å²) in [7, 11) is 0. The predicted octanol–water partition coefficient (Wildman–Crippen LogP) is 5.80. The van der Waals surface area contributed by atoms with Crippen LogP contribution in [0.3, 0.4) is 0 Å². The van der Waals surface area contributed by atoms with Crippen molar-refractivity contribution in [3.63, 3.8) is 0 Å². The lowest BCUT2D eigenvalue weighted by Gasteiger charge is -2.43. The molecule has 0 saturated heterocycles. The van der Waals surface area contributed by atoms with Gasteiger partial charge in [-0.2, -0.15) is 5.10 Å². The van der Waals surface area contributed by atoms with E-state index in [1.54, 1.807) is 10.9 Å². The van der Waals surface area contributed by atoms with Crippen molar-refractivity contribution in [1.82, 2.24) is 9.78 Å². The molecule has 176 valence electrons. The van der Waals surface area contributed by atoms with Crippen molar-refractivity contribution in [3.05, 3.63) is 108 Å². The number of hydrogen-bond donors (Lipinski definition) is 0. The van der Waals surface area contributed by atoms with Gasteiger partial charge in [0.15, 0.2) is 0 Å². The van der Waals surface area contributed by atoms with Crippen LogP contribution in [0.5, 0.6) is 0 Å². The molecule has 0 saturated carbocycles. The number of para-hydroxylation sites is 2. The number of fused-ring (bicyclic) bond motifs is 1. The third-order valence-electron chi connectivity index (χ3n) is 6.58. The Hall–Kier alpha value is -4.19. The van der Waals surface area contributed by atoms with Crippen LogP contribution in [-0.2, 0) is 4.79 Å². The summed E-state index contributed by atoms with van der Waals surface area (Å²) in [5.74, 6) is 0.0145. The van der Waals surface area contributed by atoms with Crippen LogP contribution in [0.2, 0.25) is 0 Å². The Labute approximate surface area is 205 Å². The fourth-order valence-corrected chi connectivity index (χ4v) is 4.91. The van der Waals surface area contributed by atoms with Crippen molar-refractivity contribution >= 4 is 23.2 Å². The smallest absolute Gasteiger partial charge is 0.258 e. The molecule has 4 aromatic rings. The van der Waals surface area contributed by atoms with Crippen molar-refractivity contribution in [2.24, 2.45) is 0 Å². The van der Waals surface area contributed by atoms with E-state index >= 15 is 0 Å². The van der Waals surface area contributed by atoms with E-state index in [4.69, 9.17) is 0 Å². The van der Waals surface area contributed by atoms with Crippen LogP contribution in [0.15, 0.2) is 97.3 Å². The lowest BCUT2D eigenvalue weighted by Crippen LogP contribution is -2.47. The summed E-state index contributed by atoms with van der Waals surface area (Å²) < 4.78 is 1.76. The summed E-state index contributed by atoms with van der Waals surface area (Å²) in [5, 5.41) is 4.25. The first-order valence-corrected chi connectivity index (χ1v) is 12.0. The SMILES string of the molecule is CCC(=O)N(c1ccccc1)C1CC(C)N(C(=O)c2ccc(-n3cccn3)cc2)c2ccccc21. The van der Waals surface area contributed by atoms with Gasteiger partial charge in [0, 0.05) is 41.8 Å². The maximum Gasteiger partial charge on any atom is 0.258 e. The van der Waals surface area contributed by atoms with Crippen molar-refractivity contribution in [2.45, 2.75) is 38.8 Å². The topological polar surface area (TPSA) is 58.4 Å². The number of carbonyl (C=O) groups excluding carboxylic acids is 2. The summed E-state index contributed by atoms with van der Waals surface area (Å²) >= 11 is 0. The molecule has 2 unspecified atom stereocenters. The largest absolute Gasteiger partial charge is 0.305 e. The lowest BCUT2D eigenvalue weighted by atomic mass is 9.89. The van der Waals surface area contributed by atoms with Gasteiger partial charge in [0.1, 0.15) is 0 Å². The molecule has 6 heteroatoms. The summed E-state index contributed by atoms with van der Waals surface area (Å²) in [6.07, 6.45) is 4.65. The highest BCUT2D eigenvalue weighted by Crippen LogP contribution is 2.42. The van der Waals surface area contributed by atoms with E-state index in [2.05, 4.69) is 12.0 Å². The molecule has 1 aromatic heterocycles. The lowest BCUT2D eigenvalue weighted by molar-refractivity contribution is -0.118. The van der Waals surface area contributed by atoms with Crippen LogP contribution >= 0.6 is 0 Å². The minimum atomic E-state index is -0.151. The molecule has 3 aromatic carbocycles. The number of anilines is 2. The van der Waals surface area contributed by atoms with Crippen LogP contribution in [-0.4, -0.2) is 27.6 Å². The highest BCUT2D eigenvalue weighted by atomic mass is 16.2. The highest BCUT2D eigenvalue weighted by molar-refractivity contribution is 6.07. The first-order valence-electron chi connectivity index (χ1n) is 12.0. The van der Waals surface area contributed by atoms with E-state index in [9.17, 15) is 9.59 Å². The second kappa shape index (κ2) is 9.58. The van der Waals surface area contributed by atoms with Crippen LogP contribution in [0.4, 0.5) is 11.4 Å². The van der Waals surface area contributed by atoms with Crippen LogP contribution in [0, 0.1) is 0 Å². The normalized spacial score (nSPS) is 17.0. The number of rotatable bonds is 5. The maximum atomic E-state index is 13.7. The molecule has 2 atom stereocenters. The zero-order chi connectivity index (χ0) is 24.4. The van der Waals surface area contributed by atoms with Gasteiger partial charge in [0.25, 0.3) is 5.91 Å². The number of benzene rings is 3. The fourth-order valence-electron chi connectivity index (χ4n) is 4.91. The van der Waals surface area contributed by atoms with Crippen molar-refractivity contribution in [3.8, 4) is 5.69 Å².